The molecule has 7 heteroatoms. The van der Waals surface area contributed by atoms with Crippen LogP contribution in [0, 0.1) is 6.92 Å². The molecule has 2 aromatic carbocycles. The number of H-pyrrole nitrogens is 1. The quantitative estimate of drug-likeness (QED) is 0.403. The maximum absolute atomic E-state index is 11.6. The second-order valence-electron chi connectivity index (χ2n) is 8.20. The fourth-order valence-electron chi connectivity index (χ4n) is 3.56. The lowest BCUT2D eigenvalue weighted by Gasteiger charge is -2.09. The second-order valence-corrected chi connectivity index (χ2v) is 9.95. The summed E-state index contributed by atoms with van der Waals surface area (Å²) in [5.74, 6) is 1.15. The standard InChI is InChI=1S/C25H26N4O2S/c1-16(2)25-27-23(24(28-25)22-13-5-8-17(3)26-22)20-11-6-9-18(14-20)19-10-7-12-21(15-19)29-32(4,30)31/h5-16,29H,1-4H3,(H,27,28). The van der Waals surface area contributed by atoms with Crippen molar-refractivity contribution in [2.75, 3.05) is 11.0 Å². The first-order valence-corrected chi connectivity index (χ1v) is 12.3. The summed E-state index contributed by atoms with van der Waals surface area (Å²) in [6, 6.07) is 21.4. The molecule has 0 atom stereocenters. The molecule has 0 spiro atoms. The number of nitrogens with zero attached hydrogens (tertiary/aromatic N) is 2. The third-order valence-corrected chi connectivity index (χ3v) is 5.66. The van der Waals surface area contributed by atoms with Crippen LogP contribution in [0.25, 0.3) is 33.8 Å². The number of hydrogen-bond acceptors (Lipinski definition) is 4. The Morgan fingerprint density at radius 2 is 1.53 bits per heavy atom. The summed E-state index contributed by atoms with van der Waals surface area (Å²) in [4.78, 5) is 13.1. The van der Waals surface area contributed by atoms with Gasteiger partial charge < -0.3 is 4.98 Å². The highest BCUT2D eigenvalue weighted by Gasteiger charge is 2.17. The number of benzene rings is 2. The molecule has 0 unspecified atom stereocenters. The molecule has 4 aromatic rings. The number of sulfonamides is 1. The van der Waals surface area contributed by atoms with Crippen LogP contribution < -0.4 is 4.72 Å². The monoisotopic (exact) mass is 446 g/mol. The number of rotatable bonds is 6. The van der Waals surface area contributed by atoms with Gasteiger partial charge in [-0.1, -0.05) is 50.2 Å². The van der Waals surface area contributed by atoms with Gasteiger partial charge in [-0.25, -0.2) is 13.4 Å². The molecule has 0 fully saturated rings. The van der Waals surface area contributed by atoms with Gasteiger partial charge in [0.05, 0.1) is 23.3 Å². The summed E-state index contributed by atoms with van der Waals surface area (Å²) in [7, 11) is -3.34. The van der Waals surface area contributed by atoms with Crippen LogP contribution in [0.15, 0.2) is 66.7 Å². The highest BCUT2D eigenvalue weighted by Crippen LogP contribution is 2.33. The van der Waals surface area contributed by atoms with Gasteiger partial charge in [-0.2, -0.15) is 0 Å². The Morgan fingerprint density at radius 3 is 2.22 bits per heavy atom. The van der Waals surface area contributed by atoms with E-state index >= 15 is 0 Å². The molecule has 0 amide bonds. The predicted molar refractivity (Wildman–Crippen MR) is 130 cm³/mol. The molecule has 0 aliphatic rings. The van der Waals surface area contributed by atoms with E-state index in [1.165, 1.54) is 0 Å². The van der Waals surface area contributed by atoms with Crippen molar-refractivity contribution in [1.82, 2.24) is 15.0 Å². The molecule has 164 valence electrons. The van der Waals surface area contributed by atoms with Crippen molar-refractivity contribution in [3.63, 3.8) is 0 Å². The van der Waals surface area contributed by atoms with E-state index in [4.69, 9.17) is 9.97 Å². The van der Waals surface area contributed by atoms with Crippen molar-refractivity contribution in [3.05, 3.63) is 78.2 Å². The summed E-state index contributed by atoms with van der Waals surface area (Å²) in [5, 5.41) is 0. The highest BCUT2D eigenvalue weighted by molar-refractivity contribution is 7.92. The number of nitrogens with one attached hydrogen (secondary N) is 2. The number of imidazole rings is 1. The lowest BCUT2D eigenvalue weighted by Crippen LogP contribution is -2.09. The second kappa shape index (κ2) is 8.59. The van der Waals surface area contributed by atoms with Crippen molar-refractivity contribution < 1.29 is 8.42 Å². The van der Waals surface area contributed by atoms with Gasteiger partial charge in [-0.3, -0.25) is 9.71 Å². The van der Waals surface area contributed by atoms with E-state index in [-0.39, 0.29) is 5.92 Å². The Bertz CT molecular complexity index is 1370. The van der Waals surface area contributed by atoms with Crippen LogP contribution >= 0.6 is 0 Å². The van der Waals surface area contributed by atoms with E-state index in [9.17, 15) is 8.42 Å². The van der Waals surface area contributed by atoms with Crippen LogP contribution in [0.2, 0.25) is 0 Å². The van der Waals surface area contributed by atoms with E-state index in [0.717, 1.165) is 51.5 Å². The molecular weight excluding hydrogens is 420 g/mol. The highest BCUT2D eigenvalue weighted by atomic mass is 32.2. The molecule has 0 bridgehead atoms. The van der Waals surface area contributed by atoms with Crippen LogP contribution in [0.5, 0.6) is 0 Å². The van der Waals surface area contributed by atoms with E-state index in [1.807, 2.05) is 61.5 Å². The van der Waals surface area contributed by atoms with Crippen molar-refractivity contribution >= 4 is 15.7 Å². The van der Waals surface area contributed by atoms with E-state index in [0.29, 0.717) is 5.69 Å². The van der Waals surface area contributed by atoms with Crippen molar-refractivity contribution in [3.8, 4) is 33.8 Å². The fourth-order valence-corrected chi connectivity index (χ4v) is 4.12. The van der Waals surface area contributed by atoms with Gasteiger partial charge in [0, 0.05) is 22.9 Å². The molecule has 0 aliphatic carbocycles. The number of hydrogen-bond donors (Lipinski definition) is 2. The van der Waals surface area contributed by atoms with Gasteiger partial charge in [-0.15, -0.1) is 0 Å². The fraction of sp³-hybridized carbons (Fsp3) is 0.200. The molecule has 2 aromatic heterocycles. The summed E-state index contributed by atoms with van der Waals surface area (Å²) in [5.41, 5.74) is 6.91. The number of pyridine rings is 1. The van der Waals surface area contributed by atoms with Gasteiger partial charge in [0.2, 0.25) is 10.0 Å². The Hall–Kier alpha value is -3.45. The Kier molecular flexibility index (Phi) is 5.84. The van der Waals surface area contributed by atoms with Crippen LogP contribution in [0.3, 0.4) is 0 Å². The zero-order valence-electron chi connectivity index (χ0n) is 18.5. The smallest absolute Gasteiger partial charge is 0.229 e. The van der Waals surface area contributed by atoms with Crippen LogP contribution in [0.4, 0.5) is 5.69 Å². The van der Waals surface area contributed by atoms with Gasteiger partial charge in [0.1, 0.15) is 5.82 Å². The zero-order valence-corrected chi connectivity index (χ0v) is 19.4. The molecule has 6 nitrogen and oxygen atoms in total. The third kappa shape index (κ3) is 4.89. The van der Waals surface area contributed by atoms with Crippen LogP contribution in [-0.2, 0) is 10.0 Å². The molecule has 2 N–H and O–H groups in total. The molecular formula is C25H26N4O2S. The number of aromatic amines is 1. The molecule has 2 heterocycles. The first-order chi connectivity index (χ1) is 15.2. The summed E-state index contributed by atoms with van der Waals surface area (Å²) < 4.78 is 25.8. The molecule has 0 radical (unpaired) electrons. The van der Waals surface area contributed by atoms with E-state index in [2.05, 4.69) is 29.6 Å². The Balaban J connectivity index is 1.80. The molecule has 0 aliphatic heterocycles. The molecule has 0 saturated carbocycles. The Morgan fingerprint density at radius 1 is 0.875 bits per heavy atom. The lowest BCUT2D eigenvalue weighted by molar-refractivity contribution is 0.607. The summed E-state index contributed by atoms with van der Waals surface area (Å²) in [6.45, 7) is 6.18. The maximum atomic E-state index is 11.6. The van der Waals surface area contributed by atoms with Crippen molar-refractivity contribution in [2.24, 2.45) is 0 Å². The van der Waals surface area contributed by atoms with E-state index in [1.54, 1.807) is 6.07 Å². The SMILES string of the molecule is Cc1cccc(-c2[nH]c(C(C)C)nc2-c2cccc(-c3cccc(NS(C)(=O)=O)c3)c2)n1. The topological polar surface area (TPSA) is 87.7 Å². The number of aromatic nitrogens is 3. The Labute approximate surface area is 188 Å². The predicted octanol–water partition coefficient (Wildman–Crippen LogP) is 5.61. The third-order valence-electron chi connectivity index (χ3n) is 5.05. The van der Waals surface area contributed by atoms with Gasteiger partial charge in [0.25, 0.3) is 0 Å². The number of anilines is 1. The van der Waals surface area contributed by atoms with Gasteiger partial charge in [0.15, 0.2) is 0 Å². The molecule has 4 rings (SSSR count). The van der Waals surface area contributed by atoms with E-state index < -0.39 is 10.0 Å². The zero-order chi connectivity index (χ0) is 22.9. The van der Waals surface area contributed by atoms with Crippen LogP contribution in [-0.4, -0.2) is 29.6 Å². The molecule has 32 heavy (non-hydrogen) atoms. The minimum absolute atomic E-state index is 0.245. The van der Waals surface area contributed by atoms with Crippen molar-refractivity contribution in [1.29, 1.82) is 0 Å². The molecule has 0 saturated heterocycles. The van der Waals surface area contributed by atoms with Gasteiger partial charge >= 0.3 is 0 Å². The first kappa shape index (κ1) is 21.8. The summed E-state index contributed by atoms with van der Waals surface area (Å²) >= 11 is 0. The maximum Gasteiger partial charge on any atom is 0.229 e. The van der Waals surface area contributed by atoms with Crippen molar-refractivity contribution in [2.45, 2.75) is 26.7 Å². The van der Waals surface area contributed by atoms with Crippen LogP contribution in [0.1, 0.15) is 31.3 Å². The normalized spacial score (nSPS) is 11.7. The average Bonchev–Trinajstić information content (AvgIpc) is 3.19. The first-order valence-electron chi connectivity index (χ1n) is 10.4. The minimum Gasteiger partial charge on any atom is -0.340 e. The lowest BCUT2D eigenvalue weighted by atomic mass is 10.00. The summed E-state index contributed by atoms with van der Waals surface area (Å²) in [6.07, 6.45) is 1.14. The largest absolute Gasteiger partial charge is 0.340 e. The average molecular weight is 447 g/mol. The van der Waals surface area contributed by atoms with Gasteiger partial charge in [-0.05, 0) is 48.4 Å². The minimum atomic E-state index is -3.34. The number of aryl methyl sites for hydroxylation is 1.